The van der Waals surface area contributed by atoms with E-state index in [1.54, 1.807) is 11.8 Å². The van der Waals surface area contributed by atoms with Gasteiger partial charge in [0.15, 0.2) is 0 Å². The number of hydrogen-bond acceptors (Lipinski definition) is 3. The maximum Gasteiger partial charge on any atom is 0.123 e. The van der Waals surface area contributed by atoms with Crippen molar-refractivity contribution >= 4 is 33.5 Å². The first-order valence-electron chi connectivity index (χ1n) is 4.92. The van der Waals surface area contributed by atoms with Crippen molar-refractivity contribution in [2.45, 2.75) is 11.8 Å². The number of rotatable bonds is 5. The molecule has 1 unspecified atom stereocenters. The smallest absolute Gasteiger partial charge is 0.123 e. The molecule has 0 saturated carbocycles. The molecule has 1 aromatic rings. The number of halogens is 1. The zero-order chi connectivity index (χ0) is 12.1. The van der Waals surface area contributed by atoms with Crippen molar-refractivity contribution in [2.75, 3.05) is 12.4 Å². The molecule has 1 rings (SSSR count). The Kier molecular flexibility index (Phi) is 5.31. The molecule has 0 spiro atoms. The van der Waals surface area contributed by atoms with Gasteiger partial charge >= 0.3 is 0 Å². The Morgan fingerprint density at radius 2 is 2.31 bits per heavy atom. The molecule has 0 bridgehead atoms. The highest BCUT2D eigenvalue weighted by atomic mass is 79.9. The highest BCUT2D eigenvalue weighted by Crippen LogP contribution is 2.26. The van der Waals surface area contributed by atoms with E-state index in [0.717, 1.165) is 15.1 Å². The molecule has 0 aliphatic rings. The van der Waals surface area contributed by atoms with Crippen molar-refractivity contribution in [1.82, 2.24) is 0 Å². The molecule has 0 aliphatic carbocycles. The van der Waals surface area contributed by atoms with E-state index in [0.29, 0.717) is 5.56 Å². The summed E-state index contributed by atoms with van der Waals surface area (Å²) in [6, 6.07) is 5.72. The lowest BCUT2D eigenvalue weighted by Gasteiger charge is -2.09. The van der Waals surface area contributed by atoms with Crippen LogP contribution in [0.25, 0.3) is 0 Å². The second kappa shape index (κ2) is 6.27. The second-order valence-corrected chi connectivity index (χ2v) is 5.60. The van der Waals surface area contributed by atoms with E-state index in [1.807, 2.05) is 25.1 Å². The quantitative estimate of drug-likeness (QED) is 0.444. The van der Waals surface area contributed by atoms with Gasteiger partial charge in [0.1, 0.15) is 5.84 Å². The lowest BCUT2D eigenvalue weighted by Crippen LogP contribution is -2.11. The summed E-state index contributed by atoms with van der Waals surface area (Å²) in [7, 11) is 0. The molecule has 0 heterocycles. The van der Waals surface area contributed by atoms with Gasteiger partial charge in [0, 0.05) is 27.3 Å². The first kappa shape index (κ1) is 13.5. The zero-order valence-electron chi connectivity index (χ0n) is 9.03. The first-order chi connectivity index (χ1) is 7.54. The van der Waals surface area contributed by atoms with E-state index >= 15 is 0 Å². The lowest BCUT2D eigenvalue weighted by atomic mass is 10.2. The monoisotopic (exact) mass is 302 g/mol. The number of hydrogen-bond donors (Lipinski definition) is 3. The topological polar surface area (TPSA) is 70.1 Å². The predicted octanol–water partition coefficient (Wildman–Crippen LogP) is 2.45. The highest BCUT2D eigenvalue weighted by Gasteiger charge is 2.06. The van der Waals surface area contributed by atoms with Crippen LogP contribution in [0.5, 0.6) is 0 Å². The molecular weight excluding hydrogens is 288 g/mol. The van der Waals surface area contributed by atoms with Crippen LogP contribution in [0.15, 0.2) is 27.6 Å². The molecule has 3 nitrogen and oxygen atoms in total. The Balaban J connectivity index is 2.70. The summed E-state index contributed by atoms with van der Waals surface area (Å²) in [5, 5.41) is 16.3. The number of benzene rings is 1. The second-order valence-electron chi connectivity index (χ2n) is 3.65. The molecule has 0 aliphatic heterocycles. The summed E-state index contributed by atoms with van der Waals surface area (Å²) in [5.41, 5.74) is 6.13. The summed E-state index contributed by atoms with van der Waals surface area (Å²) < 4.78 is 0.835. The van der Waals surface area contributed by atoms with Crippen LogP contribution in [0.3, 0.4) is 0 Å². The zero-order valence-corrected chi connectivity index (χ0v) is 11.4. The SMILES string of the molecule is CC(CO)CSc1ccc(C(=N)N)c(Br)c1. The lowest BCUT2D eigenvalue weighted by molar-refractivity contribution is 0.250. The molecule has 0 amide bonds. The molecule has 0 fully saturated rings. The van der Waals surface area contributed by atoms with Crippen LogP contribution in [0.2, 0.25) is 0 Å². The minimum Gasteiger partial charge on any atom is -0.396 e. The Hall–Kier alpha value is -0.520. The van der Waals surface area contributed by atoms with Crippen LogP contribution in [0, 0.1) is 11.3 Å². The molecule has 0 aromatic heterocycles. The Labute approximate surface area is 108 Å². The van der Waals surface area contributed by atoms with Crippen molar-refractivity contribution in [1.29, 1.82) is 5.41 Å². The summed E-state index contributed by atoms with van der Waals surface area (Å²) in [6.07, 6.45) is 0. The van der Waals surface area contributed by atoms with Crippen LogP contribution in [0.4, 0.5) is 0 Å². The van der Waals surface area contributed by atoms with Gasteiger partial charge in [-0.3, -0.25) is 5.41 Å². The number of thioether (sulfide) groups is 1. The van der Waals surface area contributed by atoms with Crippen LogP contribution in [0.1, 0.15) is 12.5 Å². The number of nitrogens with one attached hydrogen (secondary N) is 1. The van der Waals surface area contributed by atoms with Gasteiger partial charge in [-0.1, -0.05) is 6.92 Å². The molecule has 16 heavy (non-hydrogen) atoms. The van der Waals surface area contributed by atoms with Crippen molar-refractivity contribution in [3.8, 4) is 0 Å². The fourth-order valence-electron chi connectivity index (χ4n) is 1.10. The minimum atomic E-state index is 0.0622. The number of aliphatic hydroxyl groups is 1. The summed E-state index contributed by atoms with van der Waals surface area (Å²) in [4.78, 5) is 1.11. The average Bonchev–Trinajstić information content (AvgIpc) is 2.25. The van der Waals surface area contributed by atoms with Crippen molar-refractivity contribution < 1.29 is 5.11 Å². The fraction of sp³-hybridized carbons (Fsp3) is 0.364. The van der Waals surface area contributed by atoms with Gasteiger partial charge < -0.3 is 10.8 Å². The maximum absolute atomic E-state index is 8.92. The van der Waals surface area contributed by atoms with Gasteiger partial charge in [0.05, 0.1) is 0 Å². The van der Waals surface area contributed by atoms with Gasteiger partial charge in [-0.15, -0.1) is 11.8 Å². The molecule has 5 heteroatoms. The Bertz CT molecular complexity index is 384. The van der Waals surface area contributed by atoms with Crippen LogP contribution in [-0.4, -0.2) is 23.3 Å². The van der Waals surface area contributed by atoms with Gasteiger partial charge in [0.2, 0.25) is 0 Å². The largest absolute Gasteiger partial charge is 0.396 e. The van der Waals surface area contributed by atoms with Gasteiger partial charge in [-0.05, 0) is 40.0 Å². The third-order valence-corrected chi connectivity index (χ3v) is 4.06. The predicted molar refractivity (Wildman–Crippen MR) is 72.1 cm³/mol. The molecule has 4 N–H and O–H groups in total. The third kappa shape index (κ3) is 3.81. The summed E-state index contributed by atoms with van der Waals surface area (Å²) >= 11 is 5.07. The highest BCUT2D eigenvalue weighted by molar-refractivity contribution is 9.10. The molecular formula is C11H15BrN2OS. The van der Waals surface area contributed by atoms with Crippen molar-refractivity contribution in [3.63, 3.8) is 0 Å². The number of amidine groups is 1. The number of nitrogens with two attached hydrogens (primary N) is 1. The Morgan fingerprint density at radius 3 is 2.81 bits per heavy atom. The molecule has 0 saturated heterocycles. The molecule has 0 radical (unpaired) electrons. The average molecular weight is 303 g/mol. The fourth-order valence-corrected chi connectivity index (χ4v) is 2.79. The van der Waals surface area contributed by atoms with Gasteiger partial charge in [-0.25, -0.2) is 0 Å². The number of nitrogen functional groups attached to an aromatic ring is 1. The maximum atomic E-state index is 8.92. The third-order valence-electron chi connectivity index (χ3n) is 2.08. The molecule has 1 aromatic carbocycles. The van der Waals surface area contributed by atoms with Crippen LogP contribution in [-0.2, 0) is 0 Å². The van der Waals surface area contributed by atoms with E-state index in [4.69, 9.17) is 16.2 Å². The van der Waals surface area contributed by atoms with Crippen LogP contribution >= 0.6 is 27.7 Å². The van der Waals surface area contributed by atoms with E-state index in [1.165, 1.54) is 0 Å². The number of aliphatic hydroxyl groups excluding tert-OH is 1. The normalized spacial score (nSPS) is 12.4. The minimum absolute atomic E-state index is 0.0622. The standard InChI is InChI=1S/C11H15BrN2OS/c1-7(5-15)6-16-8-2-3-9(11(13)14)10(12)4-8/h2-4,7,15H,5-6H2,1H3,(H3,13,14). The van der Waals surface area contributed by atoms with E-state index in [9.17, 15) is 0 Å². The van der Waals surface area contributed by atoms with Crippen molar-refractivity contribution in [2.24, 2.45) is 11.7 Å². The molecule has 1 atom stereocenters. The van der Waals surface area contributed by atoms with Crippen LogP contribution < -0.4 is 5.73 Å². The van der Waals surface area contributed by atoms with Gasteiger partial charge in [-0.2, -0.15) is 0 Å². The Morgan fingerprint density at radius 1 is 1.62 bits per heavy atom. The summed E-state index contributed by atoms with van der Waals surface area (Å²) in [5.74, 6) is 1.23. The van der Waals surface area contributed by atoms with E-state index < -0.39 is 0 Å². The van der Waals surface area contributed by atoms with E-state index in [-0.39, 0.29) is 18.4 Å². The first-order valence-corrected chi connectivity index (χ1v) is 6.70. The molecule has 88 valence electrons. The van der Waals surface area contributed by atoms with Crippen molar-refractivity contribution in [3.05, 3.63) is 28.2 Å². The summed E-state index contributed by atoms with van der Waals surface area (Å²) in [6.45, 7) is 2.21. The van der Waals surface area contributed by atoms with Gasteiger partial charge in [0.25, 0.3) is 0 Å². The van der Waals surface area contributed by atoms with E-state index in [2.05, 4.69) is 15.9 Å².